The summed E-state index contributed by atoms with van der Waals surface area (Å²) in [5.74, 6) is 0.624. The molecule has 1 saturated carbocycles. The zero-order chi connectivity index (χ0) is 22.4. The van der Waals surface area contributed by atoms with Crippen molar-refractivity contribution in [3.8, 4) is 0 Å². The predicted octanol–water partition coefficient (Wildman–Crippen LogP) is 4.00. The average Bonchev–Trinajstić information content (AvgIpc) is 2.84. The van der Waals surface area contributed by atoms with Crippen LogP contribution in [0.25, 0.3) is 0 Å². The maximum Gasteiger partial charge on any atom is 0.243 e. The van der Waals surface area contributed by atoms with Crippen molar-refractivity contribution in [1.82, 2.24) is 4.31 Å². The van der Waals surface area contributed by atoms with E-state index >= 15 is 0 Å². The number of carbonyl (C=O) groups is 1. The number of nitrogens with zero attached hydrogens (tertiary/aromatic N) is 2. The topological polar surface area (TPSA) is 79.0 Å². The summed E-state index contributed by atoms with van der Waals surface area (Å²) in [5, 5.41) is 3.07. The molecule has 0 aromatic heterocycles. The van der Waals surface area contributed by atoms with Crippen LogP contribution in [0, 0.1) is 5.92 Å². The van der Waals surface area contributed by atoms with E-state index in [-0.39, 0.29) is 10.8 Å². The van der Waals surface area contributed by atoms with Crippen molar-refractivity contribution < 1.29 is 17.9 Å². The summed E-state index contributed by atoms with van der Waals surface area (Å²) in [4.78, 5) is 15.4. The fourth-order valence-electron chi connectivity index (χ4n) is 5.15. The fraction of sp³-hybridized carbons (Fsp3) is 0.708. The molecule has 0 spiro atoms. The first kappa shape index (κ1) is 23.5. The molecular weight excluding hydrogens is 426 g/mol. The Bertz CT molecular complexity index is 871. The number of nitrogens with one attached hydrogen (secondary N) is 1. The van der Waals surface area contributed by atoms with Crippen LogP contribution in [0.5, 0.6) is 0 Å². The summed E-state index contributed by atoms with van der Waals surface area (Å²) in [5.41, 5.74) is 1.55. The molecule has 3 aliphatic rings. The molecular formula is C24H37N3O4S. The van der Waals surface area contributed by atoms with Crippen LogP contribution < -0.4 is 10.2 Å². The van der Waals surface area contributed by atoms with Gasteiger partial charge >= 0.3 is 0 Å². The smallest absolute Gasteiger partial charge is 0.243 e. The molecule has 7 nitrogen and oxygen atoms in total. The van der Waals surface area contributed by atoms with Gasteiger partial charge in [0.15, 0.2) is 0 Å². The van der Waals surface area contributed by atoms with E-state index in [1.165, 1.54) is 42.8 Å². The lowest BCUT2D eigenvalue weighted by molar-refractivity contribution is -0.116. The van der Waals surface area contributed by atoms with Crippen LogP contribution in [0.1, 0.15) is 64.2 Å². The van der Waals surface area contributed by atoms with Gasteiger partial charge in [-0.3, -0.25) is 4.79 Å². The number of amides is 1. The van der Waals surface area contributed by atoms with Gasteiger partial charge in [0.1, 0.15) is 0 Å². The number of ether oxygens (including phenoxy) is 1. The second-order valence-corrected chi connectivity index (χ2v) is 11.3. The fourth-order valence-corrected chi connectivity index (χ4v) is 6.58. The van der Waals surface area contributed by atoms with Crippen molar-refractivity contribution >= 4 is 27.3 Å². The first-order valence-electron chi connectivity index (χ1n) is 12.3. The minimum absolute atomic E-state index is 0.0187. The summed E-state index contributed by atoms with van der Waals surface area (Å²) in [7, 11) is -3.61. The largest absolute Gasteiger partial charge is 0.379 e. The molecule has 0 atom stereocenters. The summed E-state index contributed by atoms with van der Waals surface area (Å²) in [6, 6.07) is 5.22. The maximum atomic E-state index is 13.2. The van der Waals surface area contributed by atoms with Crippen molar-refractivity contribution in [1.29, 1.82) is 0 Å². The number of carbonyl (C=O) groups excluding carboxylic acids is 1. The summed E-state index contributed by atoms with van der Waals surface area (Å²) in [6.45, 7) is 3.41. The van der Waals surface area contributed by atoms with E-state index in [1.54, 1.807) is 12.1 Å². The van der Waals surface area contributed by atoms with Crippen LogP contribution in [0.15, 0.2) is 23.1 Å². The third kappa shape index (κ3) is 5.83. The van der Waals surface area contributed by atoms with Crippen LogP contribution in [0.2, 0.25) is 0 Å². The number of hydrogen-bond donors (Lipinski definition) is 1. The van der Waals surface area contributed by atoms with Crippen LogP contribution in [0.4, 0.5) is 11.4 Å². The molecule has 1 aliphatic carbocycles. The summed E-state index contributed by atoms with van der Waals surface area (Å²) in [6.07, 6.45) is 11.1. The molecule has 0 bridgehead atoms. The molecule has 2 heterocycles. The minimum Gasteiger partial charge on any atom is -0.379 e. The molecule has 4 rings (SSSR count). The average molecular weight is 464 g/mol. The van der Waals surface area contributed by atoms with Crippen LogP contribution >= 0.6 is 0 Å². The molecule has 32 heavy (non-hydrogen) atoms. The zero-order valence-corrected chi connectivity index (χ0v) is 19.9. The molecule has 178 valence electrons. The molecule has 2 saturated heterocycles. The highest BCUT2D eigenvalue weighted by atomic mass is 32.2. The number of morpholine rings is 1. The first-order valence-corrected chi connectivity index (χ1v) is 13.7. The van der Waals surface area contributed by atoms with Crippen molar-refractivity contribution in [2.24, 2.45) is 5.92 Å². The molecule has 0 radical (unpaired) electrons. The van der Waals surface area contributed by atoms with E-state index in [0.717, 1.165) is 38.0 Å². The van der Waals surface area contributed by atoms with Gasteiger partial charge in [0, 0.05) is 32.6 Å². The van der Waals surface area contributed by atoms with Crippen molar-refractivity contribution in [3.05, 3.63) is 18.2 Å². The van der Waals surface area contributed by atoms with E-state index in [4.69, 9.17) is 4.74 Å². The number of hydrogen-bond acceptors (Lipinski definition) is 5. The van der Waals surface area contributed by atoms with Gasteiger partial charge in [0.2, 0.25) is 15.9 Å². The van der Waals surface area contributed by atoms with Crippen molar-refractivity contribution in [2.75, 3.05) is 49.6 Å². The van der Waals surface area contributed by atoms with E-state index in [2.05, 4.69) is 10.2 Å². The number of anilines is 2. The second kappa shape index (κ2) is 11.0. The first-order chi connectivity index (χ1) is 15.5. The highest BCUT2D eigenvalue weighted by molar-refractivity contribution is 7.89. The molecule has 1 N–H and O–H groups in total. The lowest BCUT2D eigenvalue weighted by atomic mass is 9.86. The Kier molecular flexibility index (Phi) is 8.07. The van der Waals surface area contributed by atoms with Gasteiger partial charge in [-0.25, -0.2) is 8.42 Å². The van der Waals surface area contributed by atoms with Crippen LogP contribution in [-0.4, -0.2) is 58.0 Å². The van der Waals surface area contributed by atoms with Crippen LogP contribution in [-0.2, 0) is 19.6 Å². The third-order valence-electron chi connectivity index (χ3n) is 7.05. The number of piperidine rings is 1. The van der Waals surface area contributed by atoms with Crippen molar-refractivity contribution in [2.45, 2.75) is 69.1 Å². The van der Waals surface area contributed by atoms with E-state index < -0.39 is 10.0 Å². The van der Waals surface area contributed by atoms with Gasteiger partial charge in [0.05, 0.1) is 29.5 Å². The molecule has 2 aliphatic heterocycles. The third-order valence-corrected chi connectivity index (χ3v) is 8.95. The molecule has 1 amide bonds. The lowest BCUT2D eigenvalue weighted by Crippen LogP contribution is -2.40. The van der Waals surface area contributed by atoms with Crippen molar-refractivity contribution in [3.63, 3.8) is 0 Å². The van der Waals surface area contributed by atoms with Gasteiger partial charge < -0.3 is 15.0 Å². The molecule has 8 heteroatoms. The Morgan fingerprint density at radius 1 is 0.969 bits per heavy atom. The SMILES string of the molecule is O=C(CCC1CCCCC1)Nc1cc(S(=O)(=O)N2CCOCC2)ccc1N1CCCCC1. The quantitative estimate of drug-likeness (QED) is 0.661. The maximum absolute atomic E-state index is 13.2. The predicted molar refractivity (Wildman–Crippen MR) is 127 cm³/mol. The van der Waals surface area contributed by atoms with E-state index in [1.807, 2.05) is 6.07 Å². The minimum atomic E-state index is -3.61. The Morgan fingerprint density at radius 2 is 1.66 bits per heavy atom. The Hall–Kier alpha value is -1.64. The van der Waals surface area contributed by atoms with Gasteiger partial charge in [-0.2, -0.15) is 4.31 Å². The summed E-state index contributed by atoms with van der Waals surface area (Å²) < 4.78 is 33.2. The number of sulfonamides is 1. The van der Waals surface area contributed by atoms with Gasteiger partial charge in [-0.1, -0.05) is 32.1 Å². The monoisotopic (exact) mass is 463 g/mol. The van der Waals surface area contributed by atoms with E-state index in [0.29, 0.717) is 44.3 Å². The Morgan fingerprint density at radius 3 is 2.38 bits per heavy atom. The zero-order valence-electron chi connectivity index (χ0n) is 19.1. The standard InChI is InChI=1S/C24H37N3O4S/c28-24(12-9-20-7-3-1-4-8-20)25-22-19-21(32(29,30)27-15-17-31-18-16-27)10-11-23(22)26-13-5-2-6-14-26/h10-11,19-20H,1-9,12-18H2,(H,25,28). The second-order valence-electron chi connectivity index (χ2n) is 9.33. The lowest BCUT2D eigenvalue weighted by Gasteiger charge is -2.31. The van der Waals surface area contributed by atoms with Gasteiger partial charge in [0.25, 0.3) is 0 Å². The molecule has 3 fully saturated rings. The van der Waals surface area contributed by atoms with Gasteiger partial charge in [-0.05, 0) is 49.8 Å². The Labute approximate surface area is 192 Å². The van der Waals surface area contributed by atoms with Gasteiger partial charge in [-0.15, -0.1) is 0 Å². The van der Waals surface area contributed by atoms with Crippen LogP contribution in [0.3, 0.4) is 0 Å². The molecule has 0 unspecified atom stereocenters. The molecule has 1 aromatic rings. The highest BCUT2D eigenvalue weighted by Crippen LogP contribution is 2.33. The number of rotatable bonds is 7. The highest BCUT2D eigenvalue weighted by Gasteiger charge is 2.28. The summed E-state index contributed by atoms with van der Waals surface area (Å²) >= 11 is 0. The van der Waals surface area contributed by atoms with E-state index in [9.17, 15) is 13.2 Å². The normalized spacial score (nSPS) is 21.4. The number of benzene rings is 1. The molecule has 1 aromatic carbocycles. The Balaban J connectivity index is 1.52.